The van der Waals surface area contributed by atoms with Gasteiger partial charge in [-0.1, -0.05) is 13.0 Å². The van der Waals surface area contributed by atoms with E-state index in [1.54, 1.807) is 6.20 Å². The van der Waals surface area contributed by atoms with E-state index in [1.807, 2.05) is 12.3 Å². The van der Waals surface area contributed by atoms with Crippen LogP contribution in [0.25, 0.3) is 0 Å². The number of hydrogen-bond acceptors (Lipinski definition) is 4. The highest BCUT2D eigenvalue weighted by Crippen LogP contribution is 2.24. The number of hydrogen-bond donors (Lipinski definition) is 1. The normalized spacial score (nSPS) is 20.5. The van der Waals surface area contributed by atoms with Crippen molar-refractivity contribution in [2.45, 2.75) is 19.4 Å². The van der Waals surface area contributed by atoms with Gasteiger partial charge < -0.3 is 10.6 Å². The molecular formula is C11H16N4. The molecule has 4 heteroatoms. The predicted octanol–water partition coefficient (Wildman–Crippen LogP) is 1.16. The first-order chi connectivity index (χ1) is 7.33. The van der Waals surface area contributed by atoms with E-state index >= 15 is 0 Å². The van der Waals surface area contributed by atoms with Crippen molar-refractivity contribution in [2.24, 2.45) is 10.7 Å². The molecule has 0 aromatic carbocycles. The number of pyridine rings is 1. The monoisotopic (exact) mass is 204 g/mol. The third-order valence-corrected chi connectivity index (χ3v) is 2.63. The topological polar surface area (TPSA) is 54.5 Å². The number of rotatable bonds is 3. The third-order valence-electron chi connectivity index (χ3n) is 2.63. The Hall–Kier alpha value is -1.58. The first-order valence-corrected chi connectivity index (χ1v) is 5.29. The van der Waals surface area contributed by atoms with Crippen LogP contribution in [-0.2, 0) is 0 Å². The van der Waals surface area contributed by atoms with Crippen LogP contribution in [0.5, 0.6) is 0 Å². The minimum atomic E-state index is 0.277. The Bertz CT molecular complexity index is 347. The van der Waals surface area contributed by atoms with Gasteiger partial charge in [-0.2, -0.15) is 0 Å². The molecule has 2 heterocycles. The van der Waals surface area contributed by atoms with Crippen molar-refractivity contribution in [3.63, 3.8) is 0 Å². The van der Waals surface area contributed by atoms with Gasteiger partial charge in [0.2, 0.25) is 0 Å². The lowest BCUT2D eigenvalue weighted by atomic mass is 10.1. The van der Waals surface area contributed by atoms with E-state index in [2.05, 4.69) is 27.9 Å². The molecule has 0 radical (unpaired) electrons. The zero-order valence-electron chi connectivity index (χ0n) is 8.93. The Labute approximate surface area is 89.8 Å². The van der Waals surface area contributed by atoms with Crippen LogP contribution in [0.2, 0.25) is 0 Å². The van der Waals surface area contributed by atoms with Gasteiger partial charge >= 0.3 is 0 Å². The molecule has 1 atom stereocenters. The molecule has 1 aliphatic heterocycles. The van der Waals surface area contributed by atoms with E-state index in [1.165, 1.54) is 5.56 Å². The summed E-state index contributed by atoms with van der Waals surface area (Å²) in [4.78, 5) is 10.6. The molecule has 0 saturated heterocycles. The lowest BCUT2D eigenvalue weighted by molar-refractivity contribution is 0.347. The van der Waals surface area contributed by atoms with Crippen LogP contribution in [-0.4, -0.2) is 28.9 Å². The van der Waals surface area contributed by atoms with Crippen LogP contribution in [0.4, 0.5) is 0 Å². The van der Waals surface area contributed by atoms with E-state index in [0.717, 1.165) is 19.5 Å². The molecular weight excluding hydrogens is 188 g/mol. The van der Waals surface area contributed by atoms with Gasteiger partial charge in [-0.15, -0.1) is 0 Å². The molecule has 80 valence electrons. The van der Waals surface area contributed by atoms with Gasteiger partial charge in [0.1, 0.15) is 0 Å². The van der Waals surface area contributed by atoms with E-state index in [9.17, 15) is 0 Å². The summed E-state index contributed by atoms with van der Waals surface area (Å²) in [6.07, 6.45) is 4.75. The Morgan fingerprint density at radius 3 is 3.13 bits per heavy atom. The lowest BCUT2D eigenvalue weighted by Crippen LogP contribution is -2.36. The fraction of sp³-hybridized carbons (Fsp3) is 0.455. The second-order valence-electron chi connectivity index (χ2n) is 3.69. The van der Waals surface area contributed by atoms with E-state index in [-0.39, 0.29) is 6.04 Å². The van der Waals surface area contributed by atoms with Gasteiger partial charge in [0.05, 0.1) is 12.6 Å². The molecule has 0 spiro atoms. The van der Waals surface area contributed by atoms with Crippen LogP contribution >= 0.6 is 0 Å². The van der Waals surface area contributed by atoms with Crippen molar-refractivity contribution < 1.29 is 0 Å². The largest absolute Gasteiger partial charge is 0.370 e. The van der Waals surface area contributed by atoms with Gasteiger partial charge in [-0.25, -0.2) is 0 Å². The summed E-state index contributed by atoms with van der Waals surface area (Å²) in [5, 5.41) is 0. The summed E-state index contributed by atoms with van der Waals surface area (Å²) in [7, 11) is 0. The van der Waals surface area contributed by atoms with Gasteiger partial charge in [-0.3, -0.25) is 9.98 Å². The average molecular weight is 204 g/mol. The molecule has 2 rings (SSSR count). The number of guanidine groups is 1. The third kappa shape index (κ3) is 1.93. The molecule has 0 amide bonds. The molecule has 0 fully saturated rings. The molecule has 15 heavy (non-hydrogen) atoms. The molecule has 1 aliphatic rings. The summed E-state index contributed by atoms with van der Waals surface area (Å²) in [6.45, 7) is 3.85. The molecule has 0 saturated carbocycles. The maximum Gasteiger partial charge on any atom is 0.191 e. The van der Waals surface area contributed by atoms with Crippen molar-refractivity contribution in [3.8, 4) is 0 Å². The summed E-state index contributed by atoms with van der Waals surface area (Å²) >= 11 is 0. The summed E-state index contributed by atoms with van der Waals surface area (Å²) in [5.74, 6) is 0.658. The zero-order chi connectivity index (χ0) is 10.7. The first kappa shape index (κ1) is 9.96. The molecule has 0 aliphatic carbocycles. The van der Waals surface area contributed by atoms with Crippen LogP contribution in [0, 0.1) is 0 Å². The maximum atomic E-state index is 5.85. The van der Waals surface area contributed by atoms with Gasteiger partial charge in [0, 0.05) is 18.9 Å². The van der Waals surface area contributed by atoms with Crippen molar-refractivity contribution in [1.29, 1.82) is 0 Å². The first-order valence-electron chi connectivity index (χ1n) is 5.29. The van der Waals surface area contributed by atoms with Crippen molar-refractivity contribution in [2.75, 3.05) is 13.1 Å². The quantitative estimate of drug-likeness (QED) is 0.804. The summed E-state index contributed by atoms with van der Waals surface area (Å²) in [5.41, 5.74) is 7.04. The van der Waals surface area contributed by atoms with Crippen LogP contribution in [0.15, 0.2) is 29.5 Å². The molecule has 2 N–H and O–H groups in total. The molecule has 1 aromatic rings. The zero-order valence-corrected chi connectivity index (χ0v) is 8.93. The predicted molar refractivity (Wildman–Crippen MR) is 60.5 cm³/mol. The molecule has 1 aromatic heterocycles. The Morgan fingerprint density at radius 2 is 2.47 bits per heavy atom. The minimum absolute atomic E-state index is 0.277. The maximum absolute atomic E-state index is 5.85. The smallest absolute Gasteiger partial charge is 0.191 e. The highest BCUT2D eigenvalue weighted by atomic mass is 15.3. The van der Waals surface area contributed by atoms with E-state index in [4.69, 9.17) is 5.73 Å². The average Bonchev–Trinajstić information content (AvgIpc) is 2.63. The SMILES string of the molecule is CCCN1C(N)=NCC1c1cccnc1. The van der Waals surface area contributed by atoms with Crippen molar-refractivity contribution >= 4 is 5.96 Å². The number of aliphatic imine (C=N–C) groups is 1. The Balaban J connectivity index is 2.17. The van der Waals surface area contributed by atoms with Crippen LogP contribution in [0.3, 0.4) is 0 Å². The molecule has 0 bridgehead atoms. The van der Waals surface area contributed by atoms with Gasteiger partial charge in [0.25, 0.3) is 0 Å². The summed E-state index contributed by atoms with van der Waals surface area (Å²) in [6, 6.07) is 4.31. The summed E-state index contributed by atoms with van der Waals surface area (Å²) < 4.78 is 0. The second-order valence-corrected chi connectivity index (χ2v) is 3.69. The van der Waals surface area contributed by atoms with Crippen molar-refractivity contribution in [3.05, 3.63) is 30.1 Å². The van der Waals surface area contributed by atoms with Crippen molar-refractivity contribution in [1.82, 2.24) is 9.88 Å². The Morgan fingerprint density at radius 1 is 1.60 bits per heavy atom. The number of aromatic nitrogens is 1. The van der Waals surface area contributed by atoms with E-state index < -0.39 is 0 Å². The Kier molecular flexibility index (Phi) is 2.85. The lowest BCUT2D eigenvalue weighted by Gasteiger charge is -2.25. The van der Waals surface area contributed by atoms with Crippen LogP contribution in [0.1, 0.15) is 24.9 Å². The van der Waals surface area contributed by atoms with E-state index in [0.29, 0.717) is 5.96 Å². The minimum Gasteiger partial charge on any atom is -0.370 e. The number of nitrogens with zero attached hydrogens (tertiary/aromatic N) is 3. The molecule has 1 unspecified atom stereocenters. The molecule has 4 nitrogen and oxygen atoms in total. The second kappa shape index (κ2) is 4.29. The van der Waals surface area contributed by atoms with Gasteiger partial charge in [-0.05, 0) is 18.1 Å². The standard InChI is InChI=1S/C11H16N4/c1-2-6-15-10(8-14-11(15)12)9-4-3-5-13-7-9/h3-5,7,10H,2,6,8H2,1H3,(H2,12,14). The van der Waals surface area contributed by atoms with Crippen LogP contribution < -0.4 is 5.73 Å². The fourth-order valence-corrected chi connectivity index (χ4v) is 1.90. The number of nitrogens with two attached hydrogens (primary N) is 1. The highest BCUT2D eigenvalue weighted by molar-refractivity contribution is 5.80. The van der Waals surface area contributed by atoms with Gasteiger partial charge in [0.15, 0.2) is 5.96 Å². The fourth-order valence-electron chi connectivity index (χ4n) is 1.90. The highest BCUT2D eigenvalue weighted by Gasteiger charge is 2.26.